The summed E-state index contributed by atoms with van der Waals surface area (Å²) < 4.78 is 286. The van der Waals surface area contributed by atoms with E-state index in [1.54, 1.807) is 43.7 Å². The summed E-state index contributed by atoms with van der Waals surface area (Å²) in [4.78, 5) is 12.1. The van der Waals surface area contributed by atoms with Crippen LogP contribution in [-0.4, -0.2) is 147 Å². The number of H-pyrrole nitrogens is 1. The van der Waals surface area contributed by atoms with Gasteiger partial charge < -0.3 is 9.47 Å². The zero-order valence-corrected chi connectivity index (χ0v) is 83.9. The number of para-hydroxylation sites is 1. The second-order valence-electron chi connectivity index (χ2n) is 33.9. The number of aryl methyl sites for hydroxylation is 4. The van der Waals surface area contributed by atoms with Crippen LogP contribution in [0.25, 0.3) is 83.1 Å². The summed E-state index contributed by atoms with van der Waals surface area (Å²) in [5.41, 5.74) is -7.73. The third kappa shape index (κ3) is 26.9. The Morgan fingerprint density at radius 2 is 0.978 bits per heavy atom. The molecule has 746 valence electrons. The molecule has 0 aliphatic heterocycles. The molecule has 6 aromatic carbocycles. The second-order valence-corrected chi connectivity index (χ2v) is 48.3. The number of rotatable bonds is 30. The van der Waals surface area contributed by atoms with Crippen LogP contribution in [0.3, 0.4) is 0 Å². The highest BCUT2D eigenvalue weighted by molar-refractivity contribution is 8.14. The van der Waals surface area contributed by atoms with E-state index in [1.807, 2.05) is 73.0 Å². The molecule has 29 nitrogen and oxygen atoms in total. The van der Waals surface area contributed by atoms with Crippen molar-refractivity contribution in [3.8, 4) is 44.6 Å². The summed E-state index contributed by atoms with van der Waals surface area (Å²) in [6.07, 6.45) is 14.2. The third-order valence-electron chi connectivity index (χ3n) is 21.1. The fourth-order valence-electron chi connectivity index (χ4n) is 13.6. The van der Waals surface area contributed by atoms with E-state index in [9.17, 15) is 103 Å². The Bertz CT molecular complexity index is 7020. The average molecular weight is 2080 g/mol. The summed E-state index contributed by atoms with van der Waals surface area (Å²) in [5.74, 6) is 1.15. The highest BCUT2D eigenvalue weighted by atomic mass is 32.3. The standard InChI is InChI=1S/C45H64N10O4S2.C18H16N5S.C17H19N2S.2C4H3F6O4S2/c1-9-11-13-15-17-19-29-60(56,57)52-34-25-21-32(22-26-34)40-46-42-36(38(44(3,4)5)48-54(42)50-40)31-37-39(45(6,7)8)49-55-43(37)47-41(51-55)33-23-27-35(28-24-33)53-61(58,59)30-20-18-16-14-12-10-2;1-22-15-11-7-6-10-14(15)16(17(22)13-8-4-3-5-9-13)20-21-18-23(2)19-12-24-18;1-12-5-10-15-16(11-12)20-17(19(15)4)13-6-8-14(9-7-13)18(2)3;2*1-2(15(11,12)3(5,6)7)16(13,14)4(8,9)10/h21-28,31,48,52-53H,9-20,29-30H2,1-8H3;3-12H,1-2H3;5-11H,1-4H3;2*1H3/q;2*+1;2*-1/b37-31-;;;;. The van der Waals surface area contributed by atoms with Crippen molar-refractivity contribution in [1.29, 1.82) is 0 Å². The minimum atomic E-state index is -6.51. The van der Waals surface area contributed by atoms with Crippen LogP contribution < -0.4 is 28.8 Å². The van der Waals surface area contributed by atoms with E-state index in [1.165, 1.54) is 56.2 Å². The summed E-state index contributed by atoms with van der Waals surface area (Å²) in [7, 11) is -22.7. The molecule has 3 N–H and O–H groups in total. The first-order chi connectivity index (χ1) is 63.5. The molecule has 0 spiro atoms. The molecule has 0 aliphatic carbocycles. The van der Waals surface area contributed by atoms with Gasteiger partial charge in [-0.1, -0.05) is 200 Å². The second kappa shape index (κ2) is 43.8. The Morgan fingerprint density at radius 3 is 1.43 bits per heavy atom. The maximum absolute atomic E-state index is 12.8. The highest BCUT2D eigenvalue weighted by Gasteiger charge is 2.54. The summed E-state index contributed by atoms with van der Waals surface area (Å²) >= 11 is 3.32. The Kier molecular flexibility index (Phi) is 35.2. The van der Waals surface area contributed by atoms with Crippen LogP contribution in [-0.2, 0) is 91.4 Å². The molecule has 0 bridgehead atoms. The average Bonchev–Trinajstić information content (AvgIpc) is 1.60. The number of sulfonamides is 2. The van der Waals surface area contributed by atoms with E-state index < -0.39 is 90.6 Å². The SMILES string of the molecule is CCCCCCCCS(=O)(=O)Nc1ccc(-c2nc3/c(=C\c4c(C(C)(C)C)[nH]n5nc(-c6ccc(NS(=O)(=O)CCCCCCCC)cc6)nc45)c(C(C)(C)C)nn3n2)cc1.C[C-](S(=O)(=O)C(F)(F)F)S(=O)(=O)C(F)(F)F.C[C-](S(=O)(=O)C(F)(F)F)S(=O)(=O)C(F)(F)F.Cc1ccc2c(c1)sc(-c1ccc(N(C)C)cc1)[n+]2C.Cn1c(-c2ccccc2)c(N=Nc2scn[n+]2C)c2ccccc21. The minimum Gasteiger partial charge on any atom is -0.378 e. The van der Waals surface area contributed by atoms with Gasteiger partial charge in [0.2, 0.25) is 25.6 Å². The Morgan fingerprint density at radius 1 is 0.526 bits per heavy atom. The lowest BCUT2D eigenvalue weighted by atomic mass is 9.88. The van der Waals surface area contributed by atoms with Crippen LogP contribution in [0.15, 0.2) is 161 Å². The fourth-order valence-corrected chi connectivity index (χ4v) is 22.5. The normalized spacial score (nSPS) is 13.1. The first-order valence-corrected chi connectivity index (χ1v) is 53.4. The number of azo groups is 1. The van der Waals surface area contributed by atoms with Gasteiger partial charge in [0, 0.05) is 88.0 Å². The molecular formula is C88H105F12N17O12S8. The highest BCUT2D eigenvalue weighted by Crippen LogP contribution is 2.44. The van der Waals surface area contributed by atoms with Gasteiger partial charge in [-0.05, 0) is 133 Å². The van der Waals surface area contributed by atoms with Gasteiger partial charge in [-0.3, -0.25) is 48.2 Å². The van der Waals surface area contributed by atoms with Gasteiger partial charge in [-0.15, -0.1) is 19.5 Å². The molecule has 0 unspecified atom stereocenters. The topological polar surface area (TPSA) is 371 Å². The zero-order chi connectivity index (χ0) is 102. The maximum atomic E-state index is 12.8. The van der Waals surface area contributed by atoms with Gasteiger partial charge in [0.25, 0.3) is 5.01 Å². The number of fused-ring (bicyclic) bond motifs is 4. The minimum absolute atomic E-state index is 0.0957. The molecule has 0 amide bonds. The van der Waals surface area contributed by atoms with Crippen molar-refractivity contribution in [2.75, 3.05) is 39.9 Å². The van der Waals surface area contributed by atoms with E-state index >= 15 is 0 Å². The van der Waals surface area contributed by atoms with Crippen molar-refractivity contribution in [2.45, 2.75) is 186 Å². The Labute approximate surface area is 794 Å². The number of hydrogen-bond donors (Lipinski definition) is 3. The maximum Gasteiger partial charge on any atom is 0.469 e. The number of halogens is 12. The van der Waals surface area contributed by atoms with Crippen molar-refractivity contribution < 1.29 is 112 Å². The van der Waals surface area contributed by atoms with E-state index in [2.05, 4.69) is 207 Å². The van der Waals surface area contributed by atoms with Crippen molar-refractivity contribution >= 4 is 148 Å². The lowest BCUT2D eigenvalue weighted by Crippen LogP contribution is -2.37. The number of benzene rings is 6. The number of nitrogens with one attached hydrogen (secondary N) is 3. The van der Waals surface area contributed by atoms with Gasteiger partial charge in [0.05, 0.1) is 44.8 Å². The van der Waals surface area contributed by atoms with Crippen LogP contribution in [0, 0.1) is 16.1 Å². The molecule has 13 rings (SSSR count). The summed E-state index contributed by atoms with van der Waals surface area (Å²) in [6.45, 7) is 18.6. The fraction of sp³-hybridized carbons (Fsp3) is 0.409. The van der Waals surface area contributed by atoms with E-state index in [0.717, 1.165) is 118 Å². The van der Waals surface area contributed by atoms with Crippen LogP contribution in [0.4, 0.5) is 80.6 Å². The predicted octanol–water partition coefficient (Wildman–Crippen LogP) is 20.2. The lowest BCUT2D eigenvalue weighted by Gasteiger charge is -2.27. The molecule has 0 radical (unpaired) electrons. The van der Waals surface area contributed by atoms with Gasteiger partial charge in [-0.2, -0.15) is 80.8 Å². The first kappa shape index (κ1) is 110. The molecular weight excluding hydrogens is 1970 g/mol. The van der Waals surface area contributed by atoms with Crippen LogP contribution in [0.5, 0.6) is 0 Å². The lowest BCUT2D eigenvalue weighted by molar-refractivity contribution is -0.713. The number of anilines is 3. The summed E-state index contributed by atoms with van der Waals surface area (Å²) in [5, 5.41) is 35.1. The van der Waals surface area contributed by atoms with Crippen molar-refractivity contribution in [3.05, 3.63) is 188 Å². The number of aromatic amines is 1. The summed E-state index contributed by atoms with van der Waals surface area (Å²) in [6, 6.07) is 48.2. The molecule has 137 heavy (non-hydrogen) atoms. The van der Waals surface area contributed by atoms with E-state index in [-0.39, 0.29) is 36.2 Å². The monoisotopic (exact) mass is 2080 g/mol. The molecule has 13 aromatic rings. The van der Waals surface area contributed by atoms with Crippen molar-refractivity contribution in [1.82, 2.24) is 49.3 Å². The number of thiazole rings is 1. The molecule has 0 fully saturated rings. The molecule has 49 heteroatoms. The number of alkyl halides is 12. The number of aromatic nitrogens is 12. The largest absolute Gasteiger partial charge is 0.469 e. The third-order valence-corrected chi connectivity index (χ3v) is 34.0. The van der Waals surface area contributed by atoms with E-state index in [4.69, 9.17) is 25.3 Å². The number of unbranched alkanes of at least 4 members (excludes halogenated alkanes) is 10. The zero-order valence-electron chi connectivity index (χ0n) is 77.4. The molecule has 0 saturated heterocycles. The number of nitrogens with zero attached hydrogens (tertiary/aromatic N) is 14. The first-order valence-electron chi connectivity index (χ1n) is 42.4. The predicted molar refractivity (Wildman–Crippen MR) is 508 cm³/mol. The van der Waals surface area contributed by atoms with Crippen LogP contribution in [0.2, 0.25) is 0 Å². The van der Waals surface area contributed by atoms with Gasteiger partial charge in [-0.25, -0.2) is 26.8 Å². The molecule has 0 atom stereocenters. The number of sulfone groups is 4. The molecule has 7 aromatic heterocycles. The van der Waals surface area contributed by atoms with E-state index in [0.29, 0.717) is 47.2 Å². The van der Waals surface area contributed by atoms with Gasteiger partial charge >= 0.3 is 27.2 Å². The molecule has 7 heterocycles. The van der Waals surface area contributed by atoms with Gasteiger partial charge in [0.15, 0.2) is 22.9 Å². The van der Waals surface area contributed by atoms with Crippen LogP contribution >= 0.6 is 22.7 Å². The quantitative estimate of drug-likeness (QED) is 0.0124. The van der Waals surface area contributed by atoms with Gasteiger partial charge in [0.1, 0.15) is 69.3 Å². The van der Waals surface area contributed by atoms with Crippen molar-refractivity contribution in [3.63, 3.8) is 0 Å². The smallest absolute Gasteiger partial charge is 0.378 e. The number of hydrogen-bond acceptors (Lipinski definition) is 23. The Hall–Kier alpha value is -10.6. The molecule has 0 saturated carbocycles. The Balaban J connectivity index is 0.000000224. The van der Waals surface area contributed by atoms with Crippen LogP contribution in [0.1, 0.15) is 169 Å². The molecule has 0 aliphatic rings. The van der Waals surface area contributed by atoms with Crippen molar-refractivity contribution in [2.24, 2.45) is 31.4 Å².